The highest BCUT2D eigenvalue weighted by molar-refractivity contribution is 7.25. The number of para-hydroxylation sites is 4. The SMILES string of the molecule is c1ccc2c(c1)Oc1ccccc1C21c2ccccc2-c2ccc(N(c3ccc(-c4ccc5sc6ccccc6c5c4)cc3)c3cccc4c3C3(c5ccccc5Oc5ccccc53)c3ccccc3-4)cc21. The second-order valence-corrected chi connectivity index (χ2v) is 20.5. The minimum atomic E-state index is -0.697. The molecule has 0 bridgehead atoms. The molecule has 16 rings (SSSR count). The predicted octanol–water partition coefficient (Wildman–Crippen LogP) is 18.1. The van der Waals surface area contributed by atoms with Crippen LogP contribution < -0.4 is 14.4 Å². The molecule has 0 saturated heterocycles. The van der Waals surface area contributed by atoms with Crippen molar-refractivity contribution in [2.24, 2.45) is 0 Å². The molecule has 2 aliphatic heterocycles. The molecule has 2 spiro atoms. The van der Waals surface area contributed by atoms with Gasteiger partial charge in [-0.2, -0.15) is 0 Å². The van der Waals surface area contributed by atoms with Gasteiger partial charge in [-0.1, -0.05) is 176 Å². The molecule has 3 heterocycles. The van der Waals surface area contributed by atoms with E-state index in [-0.39, 0.29) is 0 Å². The summed E-state index contributed by atoms with van der Waals surface area (Å²) in [6.07, 6.45) is 0. The highest BCUT2D eigenvalue weighted by Gasteiger charge is 2.54. The summed E-state index contributed by atoms with van der Waals surface area (Å²) in [7, 11) is 0. The van der Waals surface area contributed by atoms with Crippen molar-refractivity contribution >= 4 is 48.6 Å². The van der Waals surface area contributed by atoms with Crippen molar-refractivity contribution in [1.29, 1.82) is 0 Å². The van der Waals surface area contributed by atoms with E-state index in [1.165, 1.54) is 75.8 Å². The zero-order valence-electron chi connectivity index (χ0n) is 38.8. The summed E-state index contributed by atoms with van der Waals surface area (Å²) in [6, 6.07) is 91.6. The minimum absolute atomic E-state index is 0.637. The molecule has 0 atom stereocenters. The van der Waals surface area contributed by atoms with E-state index in [0.717, 1.165) is 62.3 Å². The summed E-state index contributed by atoms with van der Waals surface area (Å²) in [4.78, 5) is 2.53. The first kappa shape index (κ1) is 39.8. The van der Waals surface area contributed by atoms with E-state index in [0.29, 0.717) is 0 Å². The lowest BCUT2D eigenvalue weighted by Crippen LogP contribution is -2.33. The Morgan fingerprint density at radius 1 is 0.306 bits per heavy atom. The largest absolute Gasteiger partial charge is 0.457 e. The number of nitrogens with zero attached hydrogens (tertiary/aromatic N) is 1. The third kappa shape index (κ3) is 5.18. The molecule has 0 unspecified atom stereocenters. The lowest BCUT2D eigenvalue weighted by molar-refractivity contribution is 0.436. The van der Waals surface area contributed by atoms with E-state index < -0.39 is 10.8 Å². The molecule has 0 N–H and O–H groups in total. The standard InChI is InChI=1S/C68H41NO2S/c1-4-20-52-46(16-1)48-38-37-45(41-58(48)67(52)54-22-6-10-27-60(54)70-61-28-11-7-23-55(61)67)69(44-35-32-42(33-36-44)43-34-39-65-51(40-43)49-18-3-14-31-64(49)72-65)59-26-15-19-50-47-17-2-5-21-53(47)68(66(50)59)56-24-8-12-29-62(56)71-63-30-13-9-25-57(63)68/h1-41H. The summed E-state index contributed by atoms with van der Waals surface area (Å²) >= 11 is 1.86. The lowest BCUT2D eigenvalue weighted by Gasteiger charge is -2.42. The molecule has 72 heavy (non-hydrogen) atoms. The molecule has 4 heteroatoms. The Labute approximate surface area is 421 Å². The molecule has 1 aromatic heterocycles. The molecule has 4 aliphatic rings. The van der Waals surface area contributed by atoms with Crippen LogP contribution in [0.4, 0.5) is 17.1 Å². The van der Waals surface area contributed by atoms with Gasteiger partial charge in [-0.25, -0.2) is 0 Å². The third-order valence-electron chi connectivity index (χ3n) is 16.0. The van der Waals surface area contributed by atoms with Gasteiger partial charge in [-0.05, 0) is 123 Å². The second kappa shape index (κ2) is 14.8. The van der Waals surface area contributed by atoms with Crippen molar-refractivity contribution in [2.45, 2.75) is 10.8 Å². The molecule has 2 aliphatic carbocycles. The van der Waals surface area contributed by atoms with Gasteiger partial charge < -0.3 is 14.4 Å². The first-order valence-electron chi connectivity index (χ1n) is 24.7. The van der Waals surface area contributed by atoms with Crippen molar-refractivity contribution in [3.8, 4) is 56.4 Å². The van der Waals surface area contributed by atoms with Crippen LogP contribution in [0.1, 0.15) is 44.5 Å². The second-order valence-electron chi connectivity index (χ2n) is 19.4. The summed E-state index contributed by atoms with van der Waals surface area (Å²) in [5, 5.41) is 2.60. The fourth-order valence-electron chi connectivity index (χ4n) is 13.2. The molecular weight excluding hydrogens is 895 g/mol. The number of anilines is 3. The molecule has 0 fully saturated rings. The van der Waals surface area contributed by atoms with Crippen molar-refractivity contribution in [2.75, 3.05) is 4.90 Å². The Morgan fingerprint density at radius 3 is 1.43 bits per heavy atom. The quantitative estimate of drug-likeness (QED) is 0.176. The maximum atomic E-state index is 6.84. The topological polar surface area (TPSA) is 21.7 Å². The summed E-state index contributed by atoms with van der Waals surface area (Å²) in [6.45, 7) is 0. The Kier molecular flexibility index (Phi) is 8.18. The maximum Gasteiger partial charge on any atom is 0.132 e. The minimum Gasteiger partial charge on any atom is -0.457 e. The Hall–Kier alpha value is -8.96. The van der Waals surface area contributed by atoms with Crippen LogP contribution in [0, 0.1) is 0 Å². The van der Waals surface area contributed by atoms with E-state index in [2.05, 4.69) is 254 Å². The normalized spacial score (nSPS) is 14.3. The smallest absolute Gasteiger partial charge is 0.132 e. The molecule has 0 saturated carbocycles. The summed E-state index contributed by atoms with van der Waals surface area (Å²) in [5.41, 5.74) is 18.7. The molecule has 0 radical (unpaired) electrons. The molecular formula is C68H41NO2S. The zero-order chi connectivity index (χ0) is 47.1. The van der Waals surface area contributed by atoms with Crippen LogP contribution in [0.3, 0.4) is 0 Å². The van der Waals surface area contributed by atoms with Gasteiger partial charge in [0.25, 0.3) is 0 Å². The van der Waals surface area contributed by atoms with Gasteiger partial charge in [0, 0.05) is 59.4 Å². The van der Waals surface area contributed by atoms with Crippen LogP contribution in [0.2, 0.25) is 0 Å². The van der Waals surface area contributed by atoms with Gasteiger partial charge in [0.15, 0.2) is 0 Å². The molecule has 336 valence electrons. The molecule has 12 aromatic rings. The van der Waals surface area contributed by atoms with Crippen molar-refractivity contribution in [3.05, 3.63) is 293 Å². The van der Waals surface area contributed by atoms with Crippen LogP contribution in [0.25, 0.3) is 53.6 Å². The predicted molar refractivity (Wildman–Crippen MR) is 294 cm³/mol. The molecule has 11 aromatic carbocycles. The number of hydrogen-bond acceptors (Lipinski definition) is 4. The lowest BCUT2D eigenvalue weighted by atomic mass is 9.65. The zero-order valence-corrected chi connectivity index (χ0v) is 39.7. The van der Waals surface area contributed by atoms with Crippen molar-refractivity contribution in [1.82, 2.24) is 0 Å². The highest BCUT2D eigenvalue weighted by atomic mass is 32.1. The van der Waals surface area contributed by atoms with Crippen LogP contribution in [-0.4, -0.2) is 0 Å². The van der Waals surface area contributed by atoms with Gasteiger partial charge >= 0.3 is 0 Å². The van der Waals surface area contributed by atoms with Crippen molar-refractivity contribution in [3.63, 3.8) is 0 Å². The van der Waals surface area contributed by atoms with E-state index in [1.54, 1.807) is 0 Å². The van der Waals surface area contributed by atoms with Gasteiger partial charge in [0.2, 0.25) is 0 Å². The number of hydrogen-bond donors (Lipinski definition) is 0. The number of ether oxygens (including phenoxy) is 2. The molecule has 0 amide bonds. The van der Waals surface area contributed by atoms with Crippen LogP contribution in [0.15, 0.2) is 249 Å². The number of fused-ring (bicyclic) bond motifs is 21. The van der Waals surface area contributed by atoms with Crippen molar-refractivity contribution < 1.29 is 9.47 Å². The fraction of sp³-hybridized carbons (Fsp3) is 0.0294. The Balaban J connectivity index is 0.980. The number of benzene rings is 11. The number of rotatable bonds is 4. The van der Waals surface area contributed by atoms with Crippen LogP contribution in [0.5, 0.6) is 23.0 Å². The highest BCUT2D eigenvalue weighted by Crippen LogP contribution is 2.66. The summed E-state index contributed by atoms with van der Waals surface area (Å²) < 4.78 is 16.2. The van der Waals surface area contributed by atoms with E-state index in [9.17, 15) is 0 Å². The van der Waals surface area contributed by atoms with Gasteiger partial charge in [0.1, 0.15) is 23.0 Å². The van der Waals surface area contributed by atoms with Gasteiger partial charge in [-0.3, -0.25) is 0 Å². The van der Waals surface area contributed by atoms with Crippen LogP contribution >= 0.6 is 11.3 Å². The van der Waals surface area contributed by atoms with E-state index in [1.807, 2.05) is 11.3 Å². The third-order valence-corrected chi connectivity index (χ3v) is 17.2. The maximum absolute atomic E-state index is 6.84. The first-order chi connectivity index (χ1) is 35.7. The monoisotopic (exact) mass is 935 g/mol. The Morgan fingerprint density at radius 2 is 0.778 bits per heavy atom. The van der Waals surface area contributed by atoms with E-state index >= 15 is 0 Å². The van der Waals surface area contributed by atoms with E-state index in [4.69, 9.17) is 9.47 Å². The first-order valence-corrected chi connectivity index (χ1v) is 25.5. The molecule has 3 nitrogen and oxygen atoms in total. The Bertz CT molecular complexity index is 4170. The van der Waals surface area contributed by atoms with Gasteiger partial charge in [0.05, 0.1) is 16.5 Å². The number of thiophene rings is 1. The summed E-state index contributed by atoms with van der Waals surface area (Å²) in [5.74, 6) is 3.49. The average molecular weight is 936 g/mol. The fourth-order valence-corrected chi connectivity index (χ4v) is 14.3. The van der Waals surface area contributed by atoms with Gasteiger partial charge in [-0.15, -0.1) is 11.3 Å². The average Bonchev–Trinajstić information content (AvgIpc) is 4.07. The van der Waals surface area contributed by atoms with Crippen LogP contribution in [-0.2, 0) is 10.8 Å².